The van der Waals surface area contributed by atoms with Crippen molar-refractivity contribution in [1.29, 1.82) is 0 Å². The monoisotopic (exact) mass is 220 g/mol. The quantitative estimate of drug-likeness (QED) is 0.658. The highest BCUT2D eigenvalue weighted by molar-refractivity contribution is 5.97. The number of aromatic amines is 1. The first-order valence-electron chi connectivity index (χ1n) is 4.72. The summed E-state index contributed by atoms with van der Waals surface area (Å²) in [7, 11) is 1.66. The number of H-pyrrole nitrogens is 1. The van der Waals surface area contributed by atoms with E-state index in [1.54, 1.807) is 19.4 Å². The Hall–Kier alpha value is -2.31. The van der Waals surface area contributed by atoms with E-state index >= 15 is 0 Å². The summed E-state index contributed by atoms with van der Waals surface area (Å²) < 4.78 is 1.44. The molecule has 0 aromatic carbocycles. The number of hydrogen-bond acceptors (Lipinski definition) is 4. The van der Waals surface area contributed by atoms with E-state index in [9.17, 15) is 4.79 Å². The van der Waals surface area contributed by atoms with Crippen molar-refractivity contribution in [3.8, 4) is 0 Å². The van der Waals surface area contributed by atoms with Gasteiger partial charge in [-0.2, -0.15) is 5.10 Å². The lowest BCUT2D eigenvalue weighted by Gasteiger charge is -2.04. The number of nitrogens with zero attached hydrogens (tertiary/aromatic N) is 3. The Labute approximate surface area is 91.7 Å². The van der Waals surface area contributed by atoms with E-state index in [1.165, 1.54) is 10.9 Å². The lowest BCUT2D eigenvalue weighted by Crippen LogP contribution is -2.26. The van der Waals surface area contributed by atoms with E-state index in [-0.39, 0.29) is 5.91 Å². The molecule has 84 valence electrons. The Morgan fingerprint density at radius 2 is 2.50 bits per heavy atom. The summed E-state index contributed by atoms with van der Waals surface area (Å²) in [5, 5.41) is 6.59. The third-order valence-corrected chi connectivity index (χ3v) is 2.15. The molecule has 0 unspecified atom stereocenters. The molecule has 0 saturated carbocycles. The van der Waals surface area contributed by atoms with E-state index in [1.807, 2.05) is 0 Å². The topological polar surface area (TPSA) is 102 Å². The second-order valence-electron chi connectivity index (χ2n) is 3.29. The van der Waals surface area contributed by atoms with Gasteiger partial charge in [0, 0.05) is 19.4 Å². The minimum atomic E-state index is -0.270. The van der Waals surface area contributed by atoms with Crippen LogP contribution in [0.1, 0.15) is 16.3 Å². The van der Waals surface area contributed by atoms with Crippen LogP contribution in [0.15, 0.2) is 18.6 Å². The minimum Gasteiger partial charge on any atom is -0.396 e. The molecular weight excluding hydrogens is 208 g/mol. The third kappa shape index (κ3) is 1.88. The van der Waals surface area contributed by atoms with Crippen molar-refractivity contribution in [3.63, 3.8) is 0 Å². The van der Waals surface area contributed by atoms with Crippen LogP contribution in [-0.2, 0) is 13.6 Å². The highest BCUT2D eigenvalue weighted by Gasteiger charge is 2.14. The number of nitrogens with two attached hydrogens (primary N) is 1. The van der Waals surface area contributed by atoms with E-state index in [4.69, 9.17) is 5.73 Å². The van der Waals surface area contributed by atoms with Gasteiger partial charge in [0.15, 0.2) is 0 Å². The second kappa shape index (κ2) is 4.05. The number of aromatic nitrogens is 4. The number of carbonyl (C=O) groups excluding carboxylic acids is 1. The summed E-state index contributed by atoms with van der Waals surface area (Å²) in [6.07, 6.45) is 4.77. The maximum absolute atomic E-state index is 11.7. The van der Waals surface area contributed by atoms with Gasteiger partial charge in [-0.1, -0.05) is 0 Å². The molecule has 16 heavy (non-hydrogen) atoms. The Bertz CT molecular complexity index is 467. The van der Waals surface area contributed by atoms with Crippen molar-refractivity contribution in [2.45, 2.75) is 6.54 Å². The molecular formula is C9H12N6O. The van der Waals surface area contributed by atoms with Crippen molar-refractivity contribution in [2.24, 2.45) is 7.05 Å². The zero-order valence-corrected chi connectivity index (χ0v) is 8.77. The van der Waals surface area contributed by atoms with Gasteiger partial charge in [-0.05, 0) is 0 Å². The number of aryl methyl sites for hydroxylation is 1. The Morgan fingerprint density at radius 3 is 3.06 bits per heavy atom. The number of imidazole rings is 1. The molecule has 2 heterocycles. The van der Waals surface area contributed by atoms with Gasteiger partial charge in [-0.15, -0.1) is 0 Å². The van der Waals surface area contributed by atoms with Crippen molar-refractivity contribution in [1.82, 2.24) is 25.1 Å². The van der Waals surface area contributed by atoms with E-state index in [2.05, 4.69) is 20.4 Å². The molecule has 2 rings (SSSR count). The third-order valence-electron chi connectivity index (χ3n) is 2.15. The number of nitrogens with one attached hydrogen (secondary N) is 2. The van der Waals surface area contributed by atoms with Gasteiger partial charge in [-0.3, -0.25) is 9.48 Å². The van der Waals surface area contributed by atoms with Crippen LogP contribution in [-0.4, -0.2) is 25.7 Å². The van der Waals surface area contributed by atoms with Gasteiger partial charge in [0.1, 0.15) is 11.5 Å². The summed E-state index contributed by atoms with van der Waals surface area (Å²) in [4.78, 5) is 18.6. The van der Waals surface area contributed by atoms with Crippen molar-refractivity contribution in [2.75, 3.05) is 5.73 Å². The fourth-order valence-electron chi connectivity index (χ4n) is 1.37. The Balaban J connectivity index is 2.04. The molecule has 0 aliphatic carbocycles. The Kier molecular flexibility index (Phi) is 2.59. The summed E-state index contributed by atoms with van der Waals surface area (Å²) in [5.41, 5.74) is 6.34. The lowest BCUT2D eigenvalue weighted by molar-refractivity contribution is 0.0941. The molecule has 0 aliphatic rings. The van der Waals surface area contributed by atoms with Gasteiger partial charge in [0.05, 0.1) is 18.4 Å². The summed E-state index contributed by atoms with van der Waals surface area (Å²) in [6.45, 7) is 0.330. The van der Waals surface area contributed by atoms with Crippen LogP contribution in [0, 0.1) is 0 Å². The van der Waals surface area contributed by atoms with E-state index in [0.29, 0.717) is 23.8 Å². The SMILES string of the molecule is Cn1ncc(N)c1C(=O)NCc1ncc[nH]1. The second-order valence-corrected chi connectivity index (χ2v) is 3.29. The molecule has 0 spiro atoms. The number of nitrogen functional groups attached to an aromatic ring is 1. The number of rotatable bonds is 3. The molecule has 0 aliphatic heterocycles. The average Bonchev–Trinajstić information content (AvgIpc) is 2.86. The summed E-state index contributed by atoms with van der Waals surface area (Å²) in [5.74, 6) is 0.419. The molecule has 0 radical (unpaired) electrons. The summed E-state index contributed by atoms with van der Waals surface area (Å²) in [6, 6.07) is 0. The van der Waals surface area contributed by atoms with Gasteiger partial charge >= 0.3 is 0 Å². The molecule has 0 bridgehead atoms. The standard InChI is InChI=1S/C9H12N6O/c1-15-8(6(10)4-14-15)9(16)13-5-7-11-2-3-12-7/h2-4H,5,10H2,1H3,(H,11,12)(H,13,16). The van der Waals surface area contributed by atoms with E-state index in [0.717, 1.165) is 0 Å². The lowest BCUT2D eigenvalue weighted by atomic mass is 10.3. The van der Waals surface area contributed by atoms with Gasteiger partial charge < -0.3 is 16.0 Å². The molecule has 0 fully saturated rings. The maximum atomic E-state index is 11.7. The van der Waals surface area contributed by atoms with Crippen LogP contribution in [0.2, 0.25) is 0 Å². The molecule has 7 heteroatoms. The van der Waals surface area contributed by atoms with Crippen LogP contribution >= 0.6 is 0 Å². The first kappa shape index (κ1) is 10.2. The van der Waals surface area contributed by atoms with E-state index < -0.39 is 0 Å². The van der Waals surface area contributed by atoms with Crippen LogP contribution in [0.4, 0.5) is 5.69 Å². The van der Waals surface area contributed by atoms with Crippen LogP contribution in [0.3, 0.4) is 0 Å². The predicted molar refractivity (Wildman–Crippen MR) is 57.4 cm³/mol. The predicted octanol–water partition coefficient (Wildman–Crippen LogP) is -0.345. The van der Waals surface area contributed by atoms with Crippen LogP contribution in [0.25, 0.3) is 0 Å². The summed E-state index contributed by atoms with van der Waals surface area (Å²) >= 11 is 0. The van der Waals surface area contributed by atoms with Crippen molar-refractivity contribution >= 4 is 11.6 Å². The van der Waals surface area contributed by atoms with Gasteiger partial charge in [0.2, 0.25) is 0 Å². The smallest absolute Gasteiger partial charge is 0.272 e. The van der Waals surface area contributed by atoms with Gasteiger partial charge in [0.25, 0.3) is 5.91 Å². The first-order chi connectivity index (χ1) is 7.68. The number of carbonyl (C=O) groups is 1. The van der Waals surface area contributed by atoms with Gasteiger partial charge in [-0.25, -0.2) is 4.98 Å². The van der Waals surface area contributed by atoms with Crippen LogP contribution < -0.4 is 11.1 Å². The largest absolute Gasteiger partial charge is 0.396 e. The molecule has 1 amide bonds. The molecule has 7 nitrogen and oxygen atoms in total. The highest BCUT2D eigenvalue weighted by atomic mass is 16.2. The maximum Gasteiger partial charge on any atom is 0.272 e. The Morgan fingerprint density at radius 1 is 1.69 bits per heavy atom. The molecule has 0 saturated heterocycles. The molecule has 2 aromatic rings. The number of anilines is 1. The number of hydrogen-bond donors (Lipinski definition) is 3. The fraction of sp³-hybridized carbons (Fsp3) is 0.222. The molecule has 2 aromatic heterocycles. The average molecular weight is 220 g/mol. The first-order valence-corrected chi connectivity index (χ1v) is 4.72. The van der Waals surface area contributed by atoms with Crippen molar-refractivity contribution in [3.05, 3.63) is 30.1 Å². The highest BCUT2D eigenvalue weighted by Crippen LogP contribution is 2.08. The fourth-order valence-corrected chi connectivity index (χ4v) is 1.37. The minimum absolute atomic E-state index is 0.270. The zero-order chi connectivity index (χ0) is 11.5. The normalized spacial score (nSPS) is 10.3. The number of amides is 1. The molecule has 4 N–H and O–H groups in total. The molecule has 0 atom stereocenters. The van der Waals surface area contributed by atoms with Crippen LogP contribution in [0.5, 0.6) is 0 Å². The zero-order valence-electron chi connectivity index (χ0n) is 8.77. The van der Waals surface area contributed by atoms with Crippen molar-refractivity contribution < 1.29 is 4.79 Å².